The maximum Gasteiger partial charge on any atom is 0.416 e. The molecule has 0 bridgehead atoms. The van der Waals surface area contributed by atoms with Crippen molar-refractivity contribution in [2.45, 2.75) is 37.8 Å². The highest BCUT2D eigenvalue weighted by molar-refractivity contribution is 6.01. The third-order valence-electron chi connectivity index (χ3n) is 5.49. The molecule has 0 saturated heterocycles. The Labute approximate surface area is 181 Å². The first-order valence-electron chi connectivity index (χ1n) is 9.98. The van der Waals surface area contributed by atoms with E-state index in [9.17, 15) is 31.5 Å². The van der Waals surface area contributed by atoms with Crippen LogP contribution in [0.1, 0.15) is 42.7 Å². The van der Waals surface area contributed by atoms with Gasteiger partial charge >= 0.3 is 6.18 Å². The second-order valence-corrected chi connectivity index (χ2v) is 7.72. The lowest BCUT2D eigenvalue weighted by molar-refractivity contribution is -0.137. The number of hydrogen-bond acceptors (Lipinski definition) is 2. The van der Waals surface area contributed by atoms with Gasteiger partial charge < -0.3 is 10.6 Å². The van der Waals surface area contributed by atoms with E-state index in [2.05, 4.69) is 17.2 Å². The average Bonchev–Trinajstić information content (AvgIpc) is 2.75. The summed E-state index contributed by atoms with van der Waals surface area (Å²) in [5.74, 6) is -4.00. The van der Waals surface area contributed by atoms with Crippen molar-refractivity contribution in [3.8, 4) is 0 Å². The van der Waals surface area contributed by atoms with Crippen molar-refractivity contribution >= 4 is 23.2 Å². The van der Waals surface area contributed by atoms with Crippen molar-refractivity contribution < 1.29 is 31.5 Å². The fourth-order valence-electron chi connectivity index (χ4n) is 3.80. The van der Waals surface area contributed by atoms with Crippen LogP contribution in [0.5, 0.6) is 0 Å². The molecule has 2 atom stereocenters. The molecule has 0 aliphatic heterocycles. The molecule has 1 fully saturated rings. The van der Waals surface area contributed by atoms with Crippen LogP contribution in [0.2, 0.25) is 0 Å². The van der Waals surface area contributed by atoms with E-state index in [1.165, 1.54) is 0 Å². The van der Waals surface area contributed by atoms with Crippen LogP contribution in [0.4, 0.5) is 33.3 Å². The number of rotatable bonds is 5. The predicted molar refractivity (Wildman–Crippen MR) is 110 cm³/mol. The van der Waals surface area contributed by atoms with Gasteiger partial charge in [0, 0.05) is 11.6 Å². The molecule has 4 nitrogen and oxygen atoms in total. The molecule has 1 aliphatic carbocycles. The third-order valence-corrected chi connectivity index (χ3v) is 5.49. The van der Waals surface area contributed by atoms with Crippen LogP contribution in [-0.2, 0) is 15.8 Å². The van der Waals surface area contributed by atoms with Gasteiger partial charge in [-0.25, -0.2) is 8.78 Å². The highest BCUT2D eigenvalue weighted by Gasteiger charge is 2.32. The van der Waals surface area contributed by atoms with E-state index in [-0.39, 0.29) is 11.6 Å². The van der Waals surface area contributed by atoms with E-state index < -0.39 is 41.1 Å². The van der Waals surface area contributed by atoms with E-state index in [1.807, 2.05) is 0 Å². The standard InChI is InChI=1S/C23H21F5N2O2/c1-13(24)21(31)29-18-8-5-14(6-9-18)15-3-2-4-16(11-15)22(32)30-20-10-7-17(12-19(20)25)23(26,27)28/h5-10,12,15-16H,1-4,11H2,(H,29,31)(H,30,32). The smallest absolute Gasteiger partial charge is 0.323 e. The van der Waals surface area contributed by atoms with Crippen LogP contribution in [-0.4, -0.2) is 11.8 Å². The van der Waals surface area contributed by atoms with E-state index >= 15 is 0 Å². The number of amides is 2. The minimum absolute atomic E-state index is 0.0397. The Morgan fingerprint density at radius 1 is 1.00 bits per heavy atom. The van der Waals surface area contributed by atoms with Crippen molar-refractivity contribution in [2.24, 2.45) is 5.92 Å². The summed E-state index contributed by atoms with van der Waals surface area (Å²) >= 11 is 0. The van der Waals surface area contributed by atoms with Gasteiger partial charge in [0.2, 0.25) is 5.91 Å². The van der Waals surface area contributed by atoms with Gasteiger partial charge in [-0.15, -0.1) is 0 Å². The van der Waals surface area contributed by atoms with Gasteiger partial charge in [0.15, 0.2) is 5.83 Å². The Bertz CT molecular complexity index is 1020. The van der Waals surface area contributed by atoms with Gasteiger partial charge in [-0.05, 0) is 61.1 Å². The fourth-order valence-corrected chi connectivity index (χ4v) is 3.80. The summed E-state index contributed by atoms with van der Waals surface area (Å²) < 4.78 is 64.9. The maximum absolute atomic E-state index is 14.1. The molecule has 0 heterocycles. The molecule has 2 aromatic carbocycles. The Morgan fingerprint density at radius 3 is 2.28 bits per heavy atom. The first-order valence-corrected chi connectivity index (χ1v) is 9.98. The van der Waals surface area contributed by atoms with Crippen molar-refractivity contribution in [3.05, 3.63) is 71.8 Å². The van der Waals surface area contributed by atoms with Crippen LogP contribution in [0.3, 0.4) is 0 Å². The molecule has 3 rings (SSSR count). The summed E-state index contributed by atoms with van der Waals surface area (Å²) in [6.45, 7) is 2.93. The zero-order valence-corrected chi connectivity index (χ0v) is 16.9. The normalized spacial score (nSPS) is 18.7. The number of benzene rings is 2. The molecule has 2 unspecified atom stereocenters. The quantitative estimate of drug-likeness (QED) is 0.421. The van der Waals surface area contributed by atoms with E-state index in [4.69, 9.17) is 0 Å². The minimum atomic E-state index is -4.67. The van der Waals surface area contributed by atoms with Gasteiger partial charge in [0.25, 0.3) is 5.91 Å². The summed E-state index contributed by atoms with van der Waals surface area (Å²) in [5, 5.41) is 4.76. The largest absolute Gasteiger partial charge is 0.416 e. The topological polar surface area (TPSA) is 58.2 Å². The number of alkyl halides is 3. The fraction of sp³-hybridized carbons (Fsp3) is 0.304. The molecular formula is C23H21F5N2O2. The molecule has 0 radical (unpaired) electrons. The molecule has 2 amide bonds. The lowest BCUT2D eigenvalue weighted by Gasteiger charge is -2.29. The third kappa shape index (κ3) is 5.72. The Kier molecular flexibility index (Phi) is 6.96. The van der Waals surface area contributed by atoms with E-state index in [0.717, 1.165) is 30.5 Å². The number of nitrogens with one attached hydrogen (secondary N) is 2. The molecule has 1 aliphatic rings. The number of halogens is 5. The second kappa shape index (κ2) is 9.50. The predicted octanol–water partition coefficient (Wildman–Crippen LogP) is 6.18. The lowest BCUT2D eigenvalue weighted by Crippen LogP contribution is -2.28. The summed E-state index contributed by atoms with van der Waals surface area (Å²) in [6.07, 6.45) is -2.03. The van der Waals surface area contributed by atoms with Crippen LogP contribution in [0.15, 0.2) is 54.9 Å². The Hall–Kier alpha value is -3.23. The average molecular weight is 452 g/mol. The first kappa shape index (κ1) is 23.4. The highest BCUT2D eigenvalue weighted by atomic mass is 19.4. The summed E-state index contributed by atoms with van der Waals surface area (Å²) in [6, 6.07) is 8.79. The van der Waals surface area contributed by atoms with Crippen LogP contribution < -0.4 is 10.6 Å². The molecule has 0 spiro atoms. The van der Waals surface area contributed by atoms with Gasteiger partial charge in [0.1, 0.15) is 5.82 Å². The number of carbonyl (C=O) groups is 2. The van der Waals surface area contributed by atoms with Crippen LogP contribution >= 0.6 is 0 Å². The van der Waals surface area contributed by atoms with Crippen molar-refractivity contribution in [3.63, 3.8) is 0 Å². The van der Waals surface area contributed by atoms with Crippen LogP contribution in [0.25, 0.3) is 0 Å². The highest BCUT2D eigenvalue weighted by Crippen LogP contribution is 2.37. The van der Waals surface area contributed by atoms with Crippen molar-refractivity contribution in [1.29, 1.82) is 0 Å². The summed E-state index contributed by atoms with van der Waals surface area (Å²) in [4.78, 5) is 24.0. The zero-order valence-electron chi connectivity index (χ0n) is 16.9. The lowest BCUT2D eigenvalue weighted by atomic mass is 9.77. The zero-order chi connectivity index (χ0) is 23.5. The first-order chi connectivity index (χ1) is 15.0. The Morgan fingerprint density at radius 2 is 1.69 bits per heavy atom. The van der Waals surface area contributed by atoms with Gasteiger partial charge in [-0.1, -0.05) is 25.1 Å². The van der Waals surface area contributed by atoms with Gasteiger partial charge in [-0.2, -0.15) is 13.2 Å². The summed E-state index contributed by atoms with van der Waals surface area (Å²) in [5.41, 5.74) is -0.0819. The monoisotopic (exact) mass is 452 g/mol. The number of carbonyl (C=O) groups excluding carboxylic acids is 2. The molecule has 32 heavy (non-hydrogen) atoms. The van der Waals surface area contributed by atoms with E-state index in [0.29, 0.717) is 24.6 Å². The molecule has 2 N–H and O–H groups in total. The van der Waals surface area contributed by atoms with Gasteiger partial charge in [-0.3, -0.25) is 9.59 Å². The molecular weight excluding hydrogens is 431 g/mol. The second-order valence-electron chi connectivity index (χ2n) is 7.72. The molecule has 0 aromatic heterocycles. The molecule has 2 aromatic rings. The van der Waals surface area contributed by atoms with E-state index in [1.54, 1.807) is 24.3 Å². The van der Waals surface area contributed by atoms with Crippen molar-refractivity contribution in [2.75, 3.05) is 10.6 Å². The van der Waals surface area contributed by atoms with Crippen LogP contribution in [0, 0.1) is 11.7 Å². The number of hydrogen-bond donors (Lipinski definition) is 2. The maximum atomic E-state index is 14.1. The van der Waals surface area contributed by atoms with Gasteiger partial charge in [0.05, 0.1) is 11.3 Å². The molecule has 1 saturated carbocycles. The molecule has 170 valence electrons. The Balaban J connectivity index is 1.64. The molecule has 9 heteroatoms. The SMILES string of the molecule is C=C(F)C(=O)Nc1ccc(C2CCCC(C(=O)Nc3ccc(C(F)(F)F)cc3F)C2)cc1. The number of anilines is 2. The minimum Gasteiger partial charge on any atom is -0.323 e. The summed E-state index contributed by atoms with van der Waals surface area (Å²) in [7, 11) is 0. The van der Waals surface area contributed by atoms with Crippen molar-refractivity contribution in [1.82, 2.24) is 0 Å².